The number of imidazole rings is 1. The second-order valence-electron chi connectivity index (χ2n) is 5.99. The number of fused-ring (bicyclic) bond motifs is 1. The SMILES string of the molecule is COCCn1c(N/N=C\c2cc(Br)c(O)c(OC)c2)nc2c1c(=O)[nH]c(=O)n2C. The van der Waals surface area contributed by atoms with Crippen molar-refractivity contribution in [1.82, 2.24) is 19.1 Å². The van der Waals surface area contributed by atoms with E-state index in [0.717, 1.165) is 0 Å². The minimum Gasteiger partial charge on any atom is -0.503 e. The number of H-pyrrole nitrogens is 1. The van der Waals surface area contributed by atoms with Gasteiger partial charge < -0.3 is 19.1 Å². The molecule has 0 fully saturated rings. The molecule has 11 nitrogen and oxygen atoms in total. The Bertz CT molecular complexity index is 1200. The molecule has 0 radical (unpaired) electrons. The maximum atomic E-state index is 12.3. The van der Waals surface area contributed by atoms with Crippen molar-refractivity contribution in [1.29, 1.82) is 0 Å². The number of nitrogens with one attached hydrogen (secondary N) is 2. The fourth-order valence-corrected chi connectivity index (χ4v) is 3.17. The first-order chi connectivity index (χ1) is 13.9. The Labute approximate surface area is 172 Å². The Hall–Kier alpha value is -3.12. The van der Waals surface area contributed by atoms with Gasteiger partial charge in [0.05, 0.1) is 24.4 Å². The highest BCUT2D eigenvalue weighted by Crippen LogP contribution is 2.34. The number of aryl methyl sites for hydroxylation is 1. The van der Waals surface area contributed by atoms with Gasteiger partial charge in [-0.05, 0) is 33.6 Å². The van der Waals surface area contributed by atoms with Crippen LogP contribution in [0.5, 0.6) is 11.5 Å². The number of phenolic OH excluding ortho intramolecular Hbond substituents is 1. The van der Waals surface area contributed by atoms with Crippen LogP contribution < -0.4 is 21.4 Å². The molecular formula is C17H19BrN6O5. The predicted octanol–water partition coefficient (Wildman–Crippen LogP) is 0.992. The number of halogens is 1. The lowest BCUT2D eigenvalue weighted by atomic mass is 10.2. The zero-order valence-corrected chi connectivity index (χ0v) is 17.5. The van der Waals surface area contributed by atoms with Crippen LogP contribution in [0.25, 0.3) is 11.2 Å². The second kappa shape index (κ2) is 8.49. The summed E-state index contributed by atoms with van der Waals surface area (Å²) in [5.41, 5.74) is 2.78. The van der Waals surface area contributed by atoms with Crippen molar-refractivity contribution in [2.24, 2.45) is 12.1 Å². The molecule has 0 amide bonds. The first-order valence-electron chi connectivity index (χ1n) is 8.41. The van der Waals surface area contributed by atoms with Gasteiger partial charge in [-0.15, -0.1) is 0 Å². The molecule has 29 heavy (non-hydrogen) atoms. The van der Waals surface area contributed by atoms with Crippen LogP contribution in [0.2, 0.25) is 0 Å². The number of hydrazone groups is 1. The molecule has 0 bridgehead atoms. The quantitative estimate of drug-likeness (QED) is 0.348. The zero-order valence-electron chi connectivity index (χ0n) is 15.9. The minimum atomic E-state index is -0.560. The molecule has 0 aliphatic heterocycles. The molecule has 0 spiro atoms. The van der Waals surface area contributed by atoms with E-state index in [4.69, 9.17) is 9.47 Å². The van der Waals surface area contributed by atoms with Crippen molar-refractivity contribution in [2.75, 3.05) is 26.3 Å². The van der Waals surface area contributed by atoms with Crippen LogP contribution in [0.1, 0.15) is 5.56 Å². The van der Waals surface area contributed by atoms with Crippen LogP contribution in [0.4, 0.5) is 5.95 Å². The third kappa shape index (κ3) is 4.03. The van der Waals surface area contributed by atoms with E-state index in [1.165, 1.54) is 24.9 Å². The van der Waals surface area contributed by atoms with Gasteiger partial charge in [-0.25, -0.2) is 10.2 Å². The molecule has 154 valence electrons. The van der Waals surface area contributed by atoms with Crippen LogP contribution in [0.15, 0.2) is 31.3 Å². The molecule has 12 heteroatoms. The lowest BCUT2D eigenvalue weighted by Gasteiger charge is -2.08. The Kier molecular flexibility index (Phi) is 6.03. The van der Waals surface area contributed by atoms with E-state index in [1.807, 2.05) is 0 Å². The van der Waals surface area contributed by atoms with Gasteiger partial charge in [0.15, 0.2) is 22.7 Å². The molecule has 3 rings (SSSR count). The number of nitrogens with zero attached hydrogens (tertiary/aromatic N) is 4. The Morgan fingerprint density at radius 1 is 1.38 bits per heavy atom. The number of ether oxygens (including phenoxy) is 2. The Morgan fingerprint density at radius 3 is 2.83 bits per heavy atom. The van der Waals surface area contributed by atoms with E-state index < -0.39 is 11.2 Å². The normalized spacial score (nSPS) is 11.4. The number of rotatable bonds is 7. The molecule has 3 N–H and O–H groups in total. The van der Waals surface area contributed by atoms with Gasteiger partial charge in [0, 0.05) is 20.7 Å². The first kappa shape index (κ1) is 20.6. The van der Waals surface area contributed by atoms with Crippen molar-refractivity contribution in [3.8, 4) is 11.5 Å². The maximum absolute atomic E-state index is 12.3. The number of aromatic hydroxyl groups is 1. The molecular weight excluding hydrogens is 448 g/mol. The molecule has 0 aliphatic carbocycles. The van der Waals surface area contributed by atoms with Gasteiger partial charge in [0.2, 0.25) is 5.95 Å². The van der Waals surface area contributed by atoms with E-state index in [9.17, 15) is 14.7 Å². The van der Waals surface area contributed by atoms with E-state index in [1.54, 1.807) is 23.8 Å². The number of phenols is 1. The summed E-state index contributed by atoms with van der Waals surface area (Å²) in [6.45, 7) is 0.652. The Morgan fingerprint density at radius 2 is 2.14 bits per heavy atom. The standard InChI is InChI=1S/C17H19BrN6O5/c1-23-14-12(15(26)21-17(23)27)24(4-5-28-2)16(20-14)22-19-8-9-6-10(18)13(25)11(7-9)29-3/h6-8,25H,4-5H2,1-3H3,(H,20,22)(H,21,26,27)/b19-8-. The molecule has 0 aliphatic rings. The molecule has 3 aromatic rings. The molecule has 2 heterocycles. The summed E-state index contributed by atoms with van der Waals surface area (Å²) in [5, 5.41) is 14.0. The molecule has 0 saturated heterocycles. The molecule has 0 saturated carbocycles. The summed E-state index contributed by atoms with van der Waals surface area (Å²) in [4.78, 5) is 30.8. The van der Waals surface area contributed by atoms with Crippen molar-refractivity contribution in [3.05, 3.63) is 43.0 Å². The van der Waals surface area contributed by atoms with Crippen molar-refractivity contribution < 1.29 is 14.6 Å². The third-order valence-electron chi connectivity index (χ3n) is 4.17. The third-order valence-corrected chi connectivity index (χ3v) is 4.78. The monoisotopic (exact) mass is 466 g/mol. The number of hydrogen-bond acceptors (Lipinski definition) is 8. The van der Waals surface area contributed by atoms with Gasteiger partial charge in [0.1, 0.15) is 0 Å². The summed E-state index contributed by atoms with van der Waals surface area (Å²) in [6, 6.07) is 3.26. The Balaban J connectivity index is 2.00. The topological polar surface area (TPSA) is 136 Å². The van der Waals surface area contributed by atoms with Crippen molar-refractivity contribution >= 4 is 39.3 Å². The van der Waals surface area contributed by atoms with Crippen LogP contribution in [0.3, 0.4) is 0 Å². The van der Waals surface area contributed by atoms with Crippen LogP contribution in [-0.4, -0.2) is 51.2 Å². The molecule has 0 unspecified atom stereocenters. The van der Waals surface area contributed by atoms with E-state index >= 15 is 0 Å². The average Bonchev–Trinajstić information content (AvgIpc) is 3.06. The summed E-state index contributed by atoms with van der Waals surface area (Å²) in [7, 11) is 4.50. The van der Waals surface area contributed by atoms with E-state index in [2.05, 4.69) is 36.4 Å². The molecule has 2 aromatic heterocycles. The number of anilines is 1. The van der Waals surface area contributed by atoms with Gasteiger partial charge in [-0.3, -0.25) is 14.3 Å². The number of aromatic amines is 1. The summed E-state index contributed by atoms with van der Waals surface area (Å²) >= 11 is 3.25. The maximum Gasteiger partial charge on any atom is 0.329 e. The number of aromatic nitrogens is 4. The largest absolute Gasteiger partial charge is 0.503 e. The lowest BCUT2D eigenvalue weighted by molar-refractivity contribution is 0.188. The number of methoxy groups -OCH3 is 2. The second-order valence-corrected chi connectivity index (χ2v) is 6.85. The minimum absolute atomic E-state index is 0.0147. The predicted molar refractivity (Wildman–Crippen MR) is 111 cm³/mol. The molecule has 0 atom stereocenters. The van der Waals surface area contributed by atoms with Crippen molar-refractivity contribution in [2.45, 2.75) is 6.54 Å². The fourth-order valence-electron chi connectivity index (χ4n) is 2.71. The van der Waals surface area contributed by atoms with E-state index in [-0.39, 0.29) is 28.6 Å². The smallest absolute Gasteiger partial charge is 0.329 e. The molecule has 1 aromatic carbocycles. The van der Waals surface area contributed by atoms with Crippen LogP contribution in [0, 0.1) is 0 Å². The average molecular weight is 467 g/mol. The first-order valence-corrected chi connectivity index (χ1v) is 9.20. The fraction of sp³-hybridized carbons (Fsp3) is 0.294. The summed E-state index contributed by atoms with van der Waals surface area (Å²) in [5.74, 6) is 0.540. The van der Waals surface area contributed by atoms with Crippen LogP contribution in [-0.2, 0) is 18.3 Å². The number of hydrogen-bond donors (Lipinski definition) is 3. The highest BCUT2D eigenvalue weighted by atomic mass is 79.9. The summed E-state index contributed by atoms with van der Waals surface area (Å²) < 4.78 is 13.5. The highest BCUT2D eigenvalue weighted by Gasteiger charge is 2.17. The van der Waals surface area contributed by atoms with Gasteiger partial charge >= 0.3 is 5.69 Å². The zero-order chi connectivity index (χ0) is 21.1. The van der Waals surface area contributed by atoms with Crippen molar-refractivity contribution in [3.63, 3.8) is 0 Å². The number of benzene rings is 1. The van der Waals surface area contributed by atoms with Gasteiger partial charge in [-0.2, -0.15) is 10.1 Å². The van der Waals surface area contributed by atoms with Crippen LogP contribution >= 0.6 is 15.9 Å². The summed E-state index contributed by atoms with van der Waals surface area (Å²) in [6.07, 6.45) is 1.50. The van der Waals surface area contributed by atoms with Gasteiger partial charge in [-0.1, -0.05) is 0 Å². The lowest BCUT2D eigenvalue weighted by Crippen LogP contribution is -2.29. The van der Waals surface area contributed by atoms with E-state index in [0.29, 0.717) is 23.2 Å². The highest BCUT2D eigenvalue weighted by molar-refractivity contribution is 9.10. The van der Waals surface area contributed by atoms with Gasteiger partial charge in [0.25, 0.3) is 5.56 Å².